The maximum Gasteiger partial charge on any atom is 0.269 e. The van der Waals surface area contributed by atoms with Crippen molar-refractivity contribution in [3.63, 3.8) is 0 Å². The van der Waals surface area contributed by atoms with Crippen molar-refractivity contribution in [1.82, 2.24) is 10.3 Å². The van der Waals surface area contributed by atoms with Crippen LogP contribution in [0.4, 0.5) is 5.69 Å². The quantitative estimate of drug-likeness (QED) is 0.213. The van der Waals surface area contributed by atoms with Crippen molar-refractivity contribution in [2.45, 2.75) is 19.4 Å². The van der Waals surface area contributed by atoms with Gasteiger partial charge in [0.05, 0.1) is 24.8 Å². The van der Waals surface area contributed by atoms with Crippen LogP contribution in [0.15, 0.2) is 66.9 Å². The molecular formula is C28H25Cl2N3O5S. The molecule has 0 unspecified atom stereocenters. The number of nitrogens with one attached hydrogen (secondary N) is 2. The molecule has 1 heterocycles. The van der Waals surface area contributed by atoms with Gasteiger partial charge in [0.15, 0.2) is 22.2 Å². The summed E-state index contributed by atoms with van der Waals surface area (Å²) in [5.41, 5.74) is 0.0262. The van der Waals surface area contributed by atoms with Gasteiger partial charge in [-0.25, -0.2) is 0 Å². The number of benzene rings is 3. The van der Waals surface area contributed by atoms with Crippen molar-refractivity contribution in [2.24, 2.45) is 0 Å². The zero-order valence-corrected chi connectivity index (χ0v) is 23.8. The van der Waals surface area contributed by atoms with Gasteiger partial charge in [-0.2, -0.15) is 0 Å². The number of anilines is 1. The fraction of sp³-hybridized carbons (Fsp3) is 0.179. The number of hydrogen-bond acceptors (Lipinski definition) is 7. The van der Waals surface area contributed by atoms with Crippen molar-refractivity contribution >= 4 is 63.0 Å². The van der Waals surface area contributed by atoms with Gasteiger partial charge < -0.3 is 24.3 Å². The van der Waals surface area contributed by atoms with Crippen LogP contribution in [0, 0.1) is 0 Å². The van der Waals surface area contributed by atoms with E-state index in [2.05, 4.69) is 15.6 Å². The third kappa shape index (κ3) is 6.81. The Balaban J connectivity index is 1.43. The molecule has 0 aliphatic heterocycles. The molecular weight excluding hydrogens is 561 g/mol. The van der Waals surface area contributed by atoms with Crippen LogP contribution < -0.4 is 29.6 Å². The van der Waals surface area contributed by atoms with E-state index in [4.69, 9.17) is 54.4 Å². The largest absolute Gasteiger partial charge is 0.493 e. The van der Waals surface area contributed by atoms with Crippen LogP contribution in [0.1, 0.15) is 13.8 Å². The molecule has 0 atom stereocenters. The normalized spacial score (nSPS) is 11.0. The topological polar surface area (TPSA) is 90.9 Å². The highest BCUT2D eigenvalue weighted by molar-refractivity contribution is 7.80. The lowest BCUT2D eigenvalue weighted by atomic mass is 10.1. The van der Waals surface area contributed by atoms with Crippen LogP contribution in [0.5, 0.6) is 28.7 Å². The number of fused-ring (bicyclic) bond motifs is 1. The van der Waals surface area contributed by atoms with Gasteiger partial charge in [-0.15, -0.1) is 0 Å². The standard InChI is InChI=1S/C28H25Cl2N3O5S/c1-28(2,38-18-8-5-16(29)6-9-18)26(34)33-27(39)32-17-7-10-23(20(30)13-17)37-22-11-12-31-21-15-25(36-4)24(35-3)14-19(21)22/h5-15H,1-4H3,(H2,32,33,34,39). The van der Waals surface area contributed by atoms with Crippen LogP contribution in [0.2, 0.25) is 10.0 Å². The van der Waals surface area contributed by atoms with E-state index < -0.39 is 11.5 Å². The smallest absolute Gasteiger partial charge is 0.269 e. The number of thiocarbonyl (C=S) groups is 1. The van der Waals surface area contributed by atoms with E-state index in [1.165, 1.54) is 0 Å². The SMILES string of the molecule is COc1cc2nccc(Oc3ccc(NC(=S)NC(=O)C(C)(C)Oc4ccc(Cl)cc4)cc3Cl)c2cc1OC. The first-order chi connectivity index (χ1) is 18.6. The van der Waals surface area contributed by atoms with Gasteiger partial charge in [-0.1, -0.05) is 23.2 Å². The summed E-state index contributed by atoms with van der Waals surface area (Å²) in [7, 11) is 3.12. The summed E-state index contributed by atoms with van der Waals surface area (Å²) in [6.45, 7) is 3.27. The molecule has 0 aliphatic carbocycles. The molecule has 0 fully saturated rings. The zero-order chi connectivity index (χ0) is 28.2. The Kier molecular flexibility index (Phi) is 8.64. The van der Waals surface area contributed by atoms with E-state index in [0.717, 1.165) is 5.39 Å². The van der Waals surface area contributed by atoms with E-state index in [0.29, 0.717) is 50.0 Å². The second-order valence-electron chi connectivity index (χ2n) is 8.76. The number of methoxy groups -OCH3 is 2. The van der Waals surface area contributed by atoms with Gasteiger partial charge in [-0.05, 0) is 80.7 Å². The summed E-state index contributed by atoms with van der Waals surface area (Å²) in [5.74, 6) is 2.13. The third-order valence-corrected chi connectivity index (χ3v) is 6.33. The summed E-state index contributed by atoms with van der Waals surface area (Å²) in [4.78, 5) is 17.2. The summed E-state index contributed by atoms with van der Waals surface area (Å²) < 4.78 is 22.7. The minimum Gasteiger partial charge on any atom is -0.493 e. The molecule has 1 amide bonds. The van der Waals surface area contributed by atoms with Crippen molar-refractivity contribution in [2.75, 3.05) is 19.5 Å². The first kappa shape index (κ1) is 28.2. The van der Waals surface area contributed by atoms with E-state index in [1.54, 1.807) is 94.9 Å². The molecule has 0 radical (unpaired) electrons. The average molecular weight is 586 g/mol. The monoisotopic (exact) mass is 585 g/mol. The fourth-order valence-electron chi connectivity index (χ4n) is 3.58. The van der Waals surface area contributed by atoms with E-state index in [-0.39, 0.29) is 5.11 Å². The molecule has 0 aliphatic rings. The lowest BCUT2D eigenvalue weighted by Gasteiger charge is -2.25. The number of amides is 1. The van der Waals surface area contributed by atoms with Crippen LogP contribution in [0.25, 0.3) is 10.9 Å². The minimum absolute atomic E-state index is 0.0821. The Bertz CT molecular complexity index is 1530. The zero-order valence-electron chi connectivity index (χ0n) is 21.5. The number of ether oxygens (including phenoxy) is 4. The van der Waals surface area contributed by atoms with Crippen LogP contribution in [-0.2, 0) is 4.79 Å². The second-order valence-corrected chi connectivity index (χ2v) is 10.0. The first-order valence-electron chi connectivity index (χ1n) is 11.6. The Morgan fingerprint density at radius 2 is 1.59 bits per heavy atom. The molecule has 0 bridgehead atoms. The van der Waals surface area contributed by atoms with E-state index >= 15 is 0 Å². The van der Waals surface area contributed by atoms with Crippen LogP contribution in [0.3, 0.4) is 0 Å². The number of nitrogens with zero attached hydrogens (tertiary/aromatic N) is 1. The molecule has 11 heteroatoms. The van der Waals surface area contributed by atoms with Gasteiger partial charge in [0.1, 0.15) is 17.2 Å². The molecule has 39 heavy (non-hydrogen) atoms. The molecule has 202 valence electrons. The first-order valence-corrected chi connectivity index (χ1v) is 12.8. The van der Waals surface area contributed by atoms with Crippen LogP contribution in [-0.4, -0.2) is 35.8 Å². The predicted molar refractivity (Wildman–Crippen MR) is 157 cm³/mol. The van der Waals surface area contributed by atoms with Crippen molar-refractivity contribution < 1.29 is 23.7 Å². The summed E-state index contributed by atoms with van der Waals surface area (Å²) in [6, 6.07) is 17.1. The lowest BCUT2D eigenvalue weighted by Crippen LogP contribution is -2.49. The van der Waals surface area contributed by atoms with E-state index in [1.807, 2.05) is 0 Å². The van der Waals surface area contributed by atoms with Crippen molar-refractivity contribution in [1.29, 1.82) is 0 Å². The average Bonchev–Trinajstić information content (AvgIpc) is 2.90. The molecule has 4 aromatic rings. The Morgan fingerprint density at radius 1 is 0.897 bits per heavy atom. The third-order valence-electron chi connectivity index (χ3n) is 5.58. The molecule has 0 saturated carbocycles. The van der Waals surface area contributed by atoms with Gasteiger partial charge >= 0.3 is 0 Å². The lowest BCUT2D eigenvalue weighted by molar-refractivity contribution is -0.132. The highest BCUT2D eigenvalue weighted by atomic mass is 35.5. The number of rotatable bonds is 8. The van der Waals surface area contributed by atoms with Gasteiger partial charge in [-0.3, -0.25) is 15.1 Å². The second kappa shape index (κ2) is 11.9. The number of carbonyl (C=O) groups excluding carboxylic acids is 1. The predicted octanol–water partition coefficient (Wildman–Crippen LogP) is 7.02. The fourth-order valence-corrected chi connectivity index (χ4v) is 4.13. The molecule has 0 saturated heterocycles. The minimum atomic E-state index is -1.20. The van der Waals surface area contributed by atoms with Crippen molar-refractivity contribution in [3.8, 4) is 28.7 Å². The number of hydrogen-bond donors (Lipinski definition) is 2. The summed E-state index contributed by atoms with van der Waals surface area (Å²) in [6.07, 6.45) is 1.63. The van der Waals surface area contributed by atoms with E-state index in [9.17, 15) is 4.79 Å². The number of carbonyl (C=O) groups is 1. The Labute approximate surface area is 241 Å². The molecule has 0 spiro atoms. The highest BCUT2D eigenvalue weighted by Gasteiger charge is 2.30. The molecule has 4 rings (SSSR count). The van der Waals surface area contributed by atoms with Gasteiger partial charge in [0, 0.05) is 28.4 Å². The number of halogens is 2. The molecule has 2 N–H and O–H groups in total. The Hall–Kier alpha value is -3.79. The maximum atomic E-state index is 12.8. The maximum absolute atomic E-state index is 12.8. The highest BCUT2D eigenvalue weighted by Crippen LogP contribution is 2.38. The van der Waals surface area contributed by atoms with Gasteiger partial charge in [0.2, 0.25) is 0 Å². The molecule has 1 aromatic heterocycles. The number of aromatic nitrogens is 1. The Morgan fingerprint density at radius 3 is 2.26 bits per heavy atom. The van der Waals surface area contributed by atoms with Crippen molar-refractivity contribution in [3.05, 3.63) is 76.9 Å². The molecule has 3 aromatic carbocycles. The summed E-state index contributed by atoms with van der Waals surface area (Å²) >= 11 is 17.7. The summed E-state index contributed by atoms with van der Waals surface area (Å²) in [5, 5.41) is 7.29. The number of pyridine rings is 1. The molecule has 8 nitrogen and oxygen atoms in total. The van der Waals surface area contributed by atoms with Gasteiger partial charge in [0.25, 0.3) is 5.91 Å². The van der Waals surface area contributed by atoms with Crippen LogP contribution >= 0.6 is 35.4 Å².